The first-order valence-electron chi connectivity index (χ1n) is 8.48. The van der Waals surface area contributed by atoms with Gasteiger partial charge in [0.1, 0.15) is 5.66 Å². The number of hydrogen-bond acceptors (Lipinski definition) is 2. The highest BCUT2D eigenvalue weighted by molar-refractivity contribution is 9.10. The standard InChI is InChI=1S/C21H21BrN2O/c1-14-4-9-18-17(12-14)20(2,3)21(23-19(25)13-24(18)21)11-10-15-5-7-16(22)8-6-15/h4-12H,13H2,1-3H3,(H,23,25)/b11-10+/t21-/m0/s1. The van der Waals surface area contributed by atoms with Gasteiger partial charge in [0.2, 0.25) is 5.91 Å². The number of nitrogens with zero attached hydrogens (tertiary/aromatic N) is 1. The molecule has 25 heavy (non-hydrogen) atoms. The number of amides is 1. The number of fused-ring (bicyclic) bond motifs is 3. The summed E-state index contributed by atoms with van der Waals surface area (Å²) in [6, 6.07) is 14.7. The summed E-state index contributed by atoms with van der Waals surface area (Å²) in [5.41, 5.74) is 4.02. The van der Waals surface area contributed by atoms with Crippen molar-refractivity contribution in [3.05, 3.63) is 69.7 Å². The molecule has 0 saturated carbocycles. The minimum absolute atomic E-state index is 0.0692. The van der Waals surface area contributed by atoms with Crippen molar-refractivity contribution in [1.29, 1.82) is 0 Å². The lowest BCUT2D eigenvalue weighted by Gasteiger charge is -2.40. The summed E-state index contributed by atoms with van der Waals surface area (Å²) in [7, 11) is 0. The van der Waals surface area contributed by atoms with Crippen molar-refractivity contribution in [2.45, 2.75) is 31.8 Å². The van der Waals surface area contributed by atoms with Crippen LogP contribution in [0.1, 0.15) is 30.5 Å². The zero-order valence-corrected chi connectivity index (χ0v) is 16.2. The second-order valence-electron chi connectivity index (χ2n) is 7.43. The van der Waals surface area contributed by atoms with Crippen LogP contribution in [0.3, 0.4) is 0 Å². The van der Waals surface area contributed by atoms with Crippen LogP contribution >= 0.6 is 15.9 Å². The molecule has 0 spiro atoms. The Morgan fingerprint density at radius 1 is 1.16 bits per heavy atom. The molecule has 1 atom stereocenters. The van der Waals surface area contributed by atoms with Crippen LogP contribution in [0.5, 0.6) is 0 Å². The van der Waals surface area contributed by atoms with Crippen LogP contribution in [-0.2, 0) is 10.2 Å². The van der Waals surface area contributed by atoms with Gasteiger partial charge < -0.3 is 10.2 Å². The summed E-state index contributed by atoms with van der Waals surface area (Å²) in [5.74, 6) is 0.0692. The maximum atomic E-state index is 12.3. The number of hydrogen-bond donors (Lipinski definition) is 1. The van der Waals surface area contributed by atoms with E-state index in [1.54, 1.807) is 0 Å². The van der Waals surface area contributed by atoms with Gasteiger partial charge in [-0.2, -0.15) is 0 Å². The second-order valence-corrected chi connectivity index (χ2v) is 8.35. The van der Waals surface area contributed by atoms with Crippen LogP contribution in [0, 0.1) is 6.92 Å². The summed E-state index contributed by atoms with van der Waals surface area (Å²) in [6.07, 6.45) is 4.25. The van der Waals surface area contributed by atoms with E-state index in [0.29, 0.717) is 6.54 Å². The Labute approximate surface area is 156 Å². The molecule has 4 heteroatoms. The summed E-state index contributed by atoms with van der Waals surface area (Å²) in [5, 5.41) is 3.26. The highest BCUT2D eigenvalue weighted by Crippen LogP contribution is 2.53. The predicted octanol–water partition coefficient (Wildman–Crippen LogP) is 4.39. The van der Waals surface area contributed by atoms with E-state index in [1.165, 1.54) is 11.1 Å². The number of anilines is 1. The molecule has 128 valence electrons. The molecule has 0 unspecified atom stereocenters. The first-order valence-corrected chi connectivity index (χ1v) is 9.27. The van der Waals surface area contributed by atoms with Crippen LogP contribution in [0.15, 0.2) is 53.0 Å². The average molecular weight is 397 g/mol. The van der Waals surface area contributed by atoms with Gasteiger partial charge in [-0.1, -0.05) is 65.7 Å². The van der Waals surface area contributed by atoms with Crippen LogP contribution in [0.2, 0.25) is 0 Å². The SMILES string of the molecule is Cc1ccc2c(c1)C(C)(C)[C@@]1(/C=C/c3ccc(Br)cc3)NC(=O)CN21. The third-order valence-electron chi connectivity index (χ3n) is 5.51. The fraction of sp³-hybridized carbons (Fsp3) is 0.286. The number of benzene rings is 2. The smallest absolute Gasteiger partial charge is 0.241 e. The van der Waals surface area contributed by atoms with Gasteiger partial charge in [0.05, 0.1) is 6.54 Å². The van der Waals surface area contributed by atoms with Crippen LogP contribution in [0.4, 0.5) is 5.69 Å². The highest BCUT2D eigenvalue weighted by atomic mass is 79.9. The van der Waals surface area contributed by atoms with Gasteiger partial charge in [-0.15, -0.1) is 0 Å². The molecule has 2 aromatic carbocycles. The van der Waals surface area contributed by atoms with Gasteiger partial charge in [0.15, 0.2) is 0 Å². The quantitative estimate of drug-likeness (QED) is 0.815. The van der Waals surface area contributed by atoms with Crippen LogP contribution < -0.4 is 10.2 Å². The number of nitrogens with one attached hydrogen (secondary N) is 1. The zero-order chi connectivity index (χ0) is 17.8. The Morgan fingerprint density at radius 3 is 2.60 bits per heavy atom. The molecule has 0 aliphatic carbocycles. The van der Waals surface area contributed by atoms with E-state index in [0.717, 1.165) is 15.7 Å². The maximum Gasteiger partial charge on any atom is 0.241 e. The molecule has 0 radical (unpaired) electrons. The zero-order valence-electron chi connectivity index (χ0n) is 14.6. The lowest BCUT2D eigenvalue weighted by atomic mass is 9.75. The van der Waals surface area contributed by atoms with Crippen molar-refractivity contribution in [2.24, 2.45) is 0 Å². The molecule has 1 saturated heterocycles. The third-order valence-corrected chi connectivity index (χ3v) is 6.04. The summed E-state index contributed by atoms with van der Waals surface area (Å²) >= 11 is 3.47. The maximum absolute atomic E-state index is 12.3. The highest BCUT2D eigenvalue weighted by Gasteiger charge is 2.59. The summed E-state index contributed by atoms with van der Waals surface area (Å²) in [6.45, 7) is 6.93. The predicted molar refractivity (Wildman–Crippen MR) is 106 cm³/mol. The van der Waals surface area contributed by atoms with Gasteiger partial charge in [0, 0.05) is 15.6 Å². The molecular weight excluding hydrogens is 376 g/mol. The topological polar surface area (TPSA) is 32.3 Å². The lowest BCUT2D eigenvalue weighted by molar-refractivity contribution is -0.118. The van der Waals surface area contributed by atoms with Crippen molar-refractivity contribution in [2.75, 3.05) is 11.4 Å². The van der Waals surface area contributed by atoms with Gasteiger partial charge in [-0.3, -0.25) is 4.79 Å². The molecule has 1 fully saturated rings. The lowest BCUT2D eigenvalue weighted by Crippen LogP contribution is -2.58. The molecule has 2 aliphatic heterocycles. The number of carbonyl (C=O) groups is 1. The molecule has 2 aliphatic rings. The summed E-state index contributed by atoms with van der Waals surface area (Å²) in [4.78, 5) is 14.5. The normalized spacial score (nSPS) is 23.7. The van der Waals surface area contributed by atoms with Crippen LogP contribution in [-0.4, -0.2) is 18.1 Å². The molecule has 1 amide bonds. The van der Waals surface area contributed by atoms with Crippen molar-refractivity contribution in [1.82, 2.24) is 5.32 Å². The number of carbonyl (C=O) groups excluding carboxylic acids is 1. The van der Waals surface area contributed by atoms with Crippen LogP contribution in [0.25, 0.3) is 6.08 Å². The molecule has 3 nitrogen and oxygen atoms in total. The Bertz CT molecular complexity index is 885. The third kappa shape index (κ3) is 2.35. The van der Waals surface area contributed by atoms with Crippen molar-refractivity contribution < 1.29 is 4.79 Å². The number of aryl methyl sites for hydroxylation is 1. The monoisotopic (exact) mass is 396 g/mol. The first kappa shape index (κ1) is 16.4. The van der Waals surface area contributed by atoms with E-state index >= 15 is 0 Å². The van der Waals surface area contributed by atoms with Gasteiger partial charge in [0.25, 0.3) is 0 Å². The van der Waals surface area contributed by atoms with E-state index < -0.39 is 5.66 Å². The molecular formula is C21H21BrN2O. The Morgan fingerprint density at radius 2 is 1.88 bits per heavy atom. The van der Waals surface area contributed by atoms with E-state index in [-0.39, 0.29) is 11.3 Å². The fourth-order valence-corrected chi connectivity index (χ4v) is 4.34. The van der Waals surface area contributed by atoms with Gasteiger partial charge in [-0.05, 0) is 42.3 Å². The second kappa shape index (κ2) is 5.46. The van der Waals surface area contributed by atoms with Crippen molar-refractivity contribution in [3.8, 4) is 0 Å². The Balaban J connectivity index is 1.83. The Kier molecular flexibility index (Phi) is 3.58. The van der Waals surface area contributed by atoms with Gasteiger partial charge in [-0.25, -0.2) is 0 Å². The molecule has 0 bridgehead atoms. The minimum atomic E-state index is -0.534. The number of rotatable bonds is 2. The first-order chi connectivity index (χ1) is 11.8. The fourth-order valence-electron chi connectivity index (χ4n) is 4.08. The largest absolute Gasteiger partial charge is 0.335 e. The molecule has 2 aromatic rings. The van der Waals surface area contributed by atoms with Gasteiger partial charge >= 0.3 is 0 Å². The average Bonchev–Trinajstić information content (AvgIpc) is 2.99. The van der Waals surface area contributed by atoms with Crippen molar-refractivity contribution >= 4 is 33.6 Å². The molecule has 1 N–H and O–H groups in total. The van der Waals surface area contributed by atoms with E-state index in [2.05, 4.69) is 89.4 Å². The molecule has 0 aromatic heterocycles. The molecule has 4 rings (SSSR count). The summed E-state index contributed by atoms with van der Waals surface area (Å²) < 4.78 is 1.06. The van der Waals surface area contributed by atoms with E-state index in [4.69, 9.17) is 0 Å². The molecule has 2 heterocycles. The minimum Gasteiger partial charge on any atom is -0.335 e. The Hall–Kier alpha value is -2.07. The number of halogens is 1. The van der Waals surface area contributed by atoms with E-state index in [1.807, 2.05) is 12.1 Å². The van der Waals surface area contributed by atoms with E-state index in [9.17, 15) is 4.79 Å². The van der Waals surface area contributed by atoms with Crippen molar-refractivity contribution in [3.63, 3.8) is 0 Å².